The first kappa shape index (κ1) is 18.9. The Kier molecular flexibility index (Phi) is 5.17. The summed E-state index contributed by atoms with van der Waals surface area (Å²) in [7, 11) is -3.25. The minimum Gasteiger partial charge on any atom is -0.444 e. The summed E-state index contributed by atoms with van der Waals surface area (Å²) in [5.41, 5.74) is 1.73. The van der Waals surface area contributed by atoms with E-state index in [1.807, 2.05) is 13.0 Å². The SMILES string of the molecule is Cc1ccc(NC(=O)OC(C)(C)C)nc1-c1ccc(S(C)(=O)=O)cc1. The lowest BCUT2D eigenvalue weighted by molar-refractivity contribution is 0.0635. The fourth-order valence-corrected chi connectivity index (χ4v) is 2.79. The Bertz CT molecular complexity index is 882. The molecular weight excluding hydrogens is 340 g/mol. The second-order valence-electron chi connectivity index (χ2n) is 6.79. The van der Waals surface area contributed by atoms with E-state index in [0.29, 0.717) is 11.5 Å². The van der Waals surface area contributed by atoms with Crippen molar-refractivity contribution >= 4 is 21.7 Å². The van der Waals surface area contributed by atoms with Crippen molar-refractivity contribution in [3.63, 3.8) is 0 Å². The Balaban J connectivity index is 2.29. The number of hydrogen-bond acceptors (Lipinski definition) is 5. The van der Waals surface area contributed by atoms with Crippen LogP contribution in [0.5, 0.6) is 0 Å². The fourth-order valence-electron chi connectivity index (χ4n) is 2.16. The number of carbonyl (C=O) groups is 1. The van der Waals surface area contributed by atoms with Crippen LogP contribution in [0.25, 0.3) is 11.3 Å². The van der Waals surface area contributed by atoms with Crippen LogP contribution in [0.4, 0.5) is 10.6 Å². The van der Waals surface area contributed by atoms with Gasteiger partial charge in [0.25, 0.3) is 0 Å². The molecule has 0 saturated heterocycles. The number of benzene rings is 1. The zero-order valence-electron chi connectivity index (χ0n) is 15.0. The quantitative estimate of drug-likeness (QED) is 0.897. The maximum absolute atomic E-state index is 11.9. The van der Waals surface area contributed by atoms with E-state index in [4.69, 9.17) is 4.74 Å². The number of nitrogens with zero attached hydrogens (tertiary/aromatic N) is 1. The molecule has 1 aromatic heterocycles. The highest BCUT2D eigenvalue weighted by Gasteiger charge is 2.17. The monoisotopic (exact) mass is 362 g/mol. The zero-order chi connectivity index (χ0) is 18.8. The van der Waals surface area contributed by atoms with Crippen LogP contribution in [0.1, 0.15) is 26.3 Å². The summed E-state index contributed by atoms with van der Waals surface area (Å²) < 4.78 is 28.3. The van der Waals surface area contributed by atoms with E-state index in [2.05, 4.69) is 10.3 Å². The van der Waals surface area contributed by atoms with Gasteiger partial charge in [-0.05, 0) is 51.5 Å². The molecule has 1 aromatic carbocycles. The third-order valence-corrected chi connectivity index (χ3v) is 4.41. The summed E-state index contributed by atoms with van der Waals surface area (Å²) in [6.07, 6.45) is 0.582. The lowest BCUT2D eigenvalue weighted by atomic mass is 10.1. The van der Waals surface area contributed by atoms with Crippen LogP contribution in [0.15, 0.2) is 41.3 Å². The van der Waals surface area contributed by atoms with Gasteiger partial charge in [0.15, 0.2) is 9.84 Å². The molecule has 0 aliphatic heterocycles. The van der Waals surface area contributed by atoms with Crippen LogP contribution in [0.2, 0.25) is 0 Å². The molecule has 0 fully saturated rings. The number of rotatable bonds is 3. The van der Waals surface area contributed by atoms with Gasteiger partial charge in [-0.25, -0.2) is 18.2 Å². The largest absolute Gasteiger partial charge is 0.444 e. The van der Waals surface area contributed by atoms with Crippen molar-refractivity contribution in [3.8, 4) is 11.3 Å². The number of nitrogens with one attached hydrogen (secondary N) is 1. The number of aryl methyl sites for hydroxylation is 1. The summed E-state index contributed by atoms with van der Waals surface area (Å²) in [6, 6.07) is 10.00. The topological polar surface area (TPSA) is 85.4 Å². The minimum atomic E-state index is -3.25. The van der Waals surface area contributed by atoms with Gasteiger partial charge >= 0.3 is 6.09 Å². The Morgan fingerprint density at radius 3 is 2.20 bits per heavy atom. The molecule has 0 bridgehead atoms. The van der Waals surface area contributed by atoms with Crippen molar-refractivity contribution < 1.29 is 17.9 Å². The highest BCUT2D eigenvalue weighted by Crippen LogP contribution is 2.24. The molecule has 6 nitrogen and oxygen atoms in total. The van der Waals surface area contributed by atoms with Gasteiger partial charge < -0.3 is 4.74 Å². The van der Waals surface area contributed by atoms with Crippen molar-refractivity contribution in [1.29, 1.82) is 0 Å². The van der Waals surface area contributed by atoms with Crippen molar-refractivity contribution in [1.82, 2.24) is 4.98 Å². The van der Waals surface area contributed by atoms with Gasteiger partial charge in [-0.2, -0.15) is 0 Å². The van der Waals surface area contributed by atoms with Crippen LogP contribution in [0, 0.1) is 6.92 Å². The Hall–Kier alpha value is -2.41. The molecule has 0 spiro atoms. The standard InChI is InChI=1S/C18H22N2O4S/c1-12-6-11-15(20-17(21)24-18(2,3)4)19-16(12)13-7-9-14(10-8-13)25(5,22)23/h6-11H,1-5H3,(H,19,20,21). The predicted octanol–water partition coefficient (Wildman–Crippen LogP) is 3.81. The Morgan fingerprint density at radius 2 is 1.68 bits per heavy atom. The summed E-state index contributed by atoms with van der Waals surface area (Å²) in [5, 5.41) is 2.60. The first-order valence-corrected chi connectivity index (χ1v) is 9.63. The molecule has 0 atom stereocenters. The zero-order valence-corrected chi connectivity index (χ0v) is 15.8. The summed E-state index contributed by atoms with van der Waals surface area (Å²) in [6.45, 7) is 7.24. The van der Waals surface area contributed by atoms with Gasteiger partial charge in [-0.3, -0.25) is 5.32 Å². The molecule has 0 aliphatic carbocycles. The van der Waals surface area contributed by atoms with E-state index < -0.39 is 21.5 Å². The van der Waals surface area contributed by atoms with E-state index in [1.165, 1.54) is 0 Å². The molecule has 1 heterocycles. The fraction of sp³-hybridized carbons (Fsp3) is 0.333. The number of aromatic nitrogens is 1. The lowest BCUT2D eigenvalue weighted by Gasteiger charge is -2.19. The second kappa shape index (κ2) is 6.84. The van der Waals surface area contributed by atoms with Gasteiger partial charge in [-0.15, -0.1) is 0 Å². The average molecular weight is 362 g/mol. The third kappa shape index (κ3) is 5.29. The van der Waals surface area contributed by atoms with Gasteiger partial charge in [0, 0.05) is 11.8 Å². The molecule has 0 radical (unpaired) electrons. The maximum atomic E-state index is 11.9. The number of hydrogen-bond donors (Lipinski definition) is 1. The smallest absolute Gasteiger partial charge is 0.413 e. The van der Waals surface area contributed by atoms with Crippen molar-refractivity contribution in [2.45, 2.75) is 38.2 Å². The Labute approximate surface area is 148 Å². The number of ether oxygens (including phenoxy) is 1. The first-order chi connectivity index (χ1) is 11.5. The van der Waals surface area contributed by atoms with Gasteiger partial charge in [-0.1, -0.05) is 18.2 Å². The Morgan fingerprint density at radius 1 is 1.08 bits per heavy atom. The first-order valence-electron chi connectivity index (χ1n) is 7.74. The van der Waals surface area contributed by atoms with Gasteiger partial charge in [0.1, 0.15) is 11.4 Å². The molecular formula is C18H22N2O4S. The van der Waals surface area contributed by atoms with Crippen LogP contribution in [-0.4, -0.2) is 31.4 Å². The molecule has 0 saturated carbocycles. The van der Waals surface area contributed by atoms with Crippen LogP contribution >= 0.6 is 0 Å². The number of pyridine rings is 1. The molecule has 0 aliphatic rings. The highest BCUT2D eigenvalue weighted by molar-refractivity contribution is 7.90. The molecule has 1 amide bonds. The third-order valence-electron chi connectivity index (χ3n) is 3.28. The molecule has 7 heteroatoms. The van der Waals surface area contributed by atoms with Gasteiger partial charge in [0.05, 0.1) is 10.6 Å². The molecule has 134 valence electrons. The number of carbonyl (C=O) groups excluding carboxylic acids is 1. The molecule has 0 unspecified atom stereocenters. The summed E-state index contributed by atoms with van der Waals surface area (Å²) in [5.74, 6) is 0.363. The minimum absolute atomic E-state index is 0.247. The van der Waals surface area contributed by atoms with Crippen LogP contribution in [0.3, 0.4) is 0 Å². The molecule has 2 rings (SSSR count). The van der Waals surface area contributed by atoms with Crippen LogP contribution < -0.4 is 5.32 Å². The lowest BCUT2D eigenvalue weighted by Crippen LogP contribution is -2.27. The number of amides is 1. The van der Waals surface area contributed by atoms with E-state index in [9.17, 15) is 13.2 Å². The average Bonchev–Trinajstić information content (AvgIpc) is 2.46. The van der Waals surface area contributed by atoms with E-state index >= 15 is 0 Å². The normalized spacial score (nSPS) is 11.9. The second-order valence-corrected chi connectivity index (χ2v) is 8.80. The van der Waals surface area contributed by atoms with Crippen molar-refractivity contribution in [2.24, 2.45) is 0 Å². The van der Waals surface area contributed by atoms with E-state index in [-0.39, 0.29) is 4.90 Å². The molecule has 25 heavy (non-hydrogen) atoms. The molecule has 2 aromatic rings. The predicted molar refractivity (Wildman–Crippen MR) is 97.4 cm³/mol. The van der Waals surface area contributed by atoms with Gasteiger partial charge in [0.2, 0.25) is 0 Å². The van der Waals surface area contributed by atoms with Crippen molar-refractivity contribution in [2.75, 3.05) is 11.6 Å². The number of anilines is 1. The summed E-state index contributed by atoms with van der Waals surface area (Å²) >= 11 is 0. The molecule has 1 N–H and O–H groups in total. The summed E-state index contributed by atoms with van der Waals surface area (Å²) in [4.78, 5) is 16.6. The van der Waals surface area contributed by atoms with Crippen LogP contribution in [-0.2, 0) is 14.6 Å². The van der Waals surface area contributed by atoms with E-state index in [1.54, 1.807) is 51.1 Å². The highest BCUT2D eigenvalue weighted by atomic mass is 32.2. The van der Waals surface area contributed by atoms with E-state index in [0.717, 1.165) is 17.4 Å². The maximum Gasteiger partial charge on any atom is 0.413 e. The number of sulfone groups is 1. The van der Waals surface area contributed by atoms with Crippen molar-refractivity contribution in [3.05, 3.63) is 42.0 Å².